The van der Waals surface area contributed by atoms with Gasteiger partial charge in [0.2, 0.25) is 0 Å². The van der Waals surface area contributed by atoms with Crippen molar-refractivity contribution in [2.75, 3.05) is 18.0 Å². The van der Waals surface area contributed by atoms with E-state index in [1.54, 1.807) is 6.92 Å². The summed E-state index contributed by atoms with van der Waals surface area (Å²) in [5, 5.41) is 3.00. The predicted molar refractivity (Wildman–Crippen MR) is 90.4 cm³/mol. The van der Waals surface area contributed by atoms with Gasteiger partial charge < -0.3 is 20.2 Å². The second-order valence-corrected chi connectivity index (χ2v) is 6.23. The molecule has 2 aromatic heterocycles. The van der Waals surface area contributed by atoms with Crippen LogP contribution in [0.2, 0.25) is 0 Å². The summed E-state index contributed by atoms with van der Waals surface area (Å²) in [6.07, 6.45) is 1.67. The highest BCUT2D eigenvalue weighted by atomic mass is 16.2. The molecule has 0 saturated carbocycles. The second kappa shape index (κ2) is 6.46. The quantitative estimate of drug-likeness (QED) is 0.772. The van der Waals surface area contributed by atoms with Crippen LogP contribution in [0, 0.1) is 20.8 Å². The Hall–Kier alpha value is -2.64. The summed E-state index contributed by atoms with van der Waals surface area (Å²) >= 11 is 0. The minimum Gasteiger partial charge on any atom is -0.356 e. The van der Waals surface area contributed by atoms with Gasteiger partial charge in [-0.2, -0.15) is 0 Å². The third kappa shape index (κ3) is 3.47. The summed E-state index contributed by atoms with van der Waals surface area (Å²) in [4.78, 5) is 39.6. The van der Waals surface area contributed by atoms with Crippen molar-refractivity contribution in [1.29, 1.82) is 0 Å². The van der Waals surface area contributed by atoms with Gasteiger partial charge in [0.1, 0.15) is 17.3 Å². The van der Waals surface area contributed by atoms with Crippen LogP contribution in [0.5, 0.6) is 0 Å². The first-order chi connectivity index (χ1) is 11.4. The van der Waals surface area contributed by atoms with Crippen LogP contribution in [0.25, 0.3) is 0 Å². The number of H-pyrrole nitrogens is 2. The van der Waals surface area contributed by atoms with Gasteiger partial charge in [-0.25, -0.2) is 14.8 Å². The van der Waals surface area contributed by atoms with E-state index in [2.05, 4.69) is 30.2 Å². The number of aryl methyl sites for hydroxylation is 3. The summed E-state index contributed by atoms with van der Waals surface area (Å²) in [6.45, 7) is 7.21. The number of aromatic nitrogens is 4. The monoisotopic (exact) mass is 330 g/mol. The first kappa shape index (κ1) is 16.2. The molecule has 8 nitrogen and oxygen atoms in total. The molecule has 2 aromatic rings. The Morgan fingerprint density at radius 1 is 1.21 bits per heavy atom. The van der Waals surface area contributed by atoms with Gasteiger partial charge in [-0.3, -0.25) is 4.79 Å². The SMILES string of the molecule is Cc1cc(N2CCC(NC(=O)c3[nH]c(=O)[nH]c3C)CC2)nc(C)n1. The van der Waals surface area contributed by atoms with Gasteiger partial charge >= 0.3 is 5.69 Å². The molecule has 1 fully saturated rings. The minimum atomic E-state index is -0.359. The number of hydrogen-bond acceptors (Lipinski definition) is 5. The van der Waals surface area contributed by atoms with Gasteiger partial charge in [0.05, 0.1) is 0 Å². The molecule has 0 unspecified atom stereocenters. The van der Waals surface area contributed by atoms with Crippen LogP contribution in [0.3, 0.4) is 0 Å². The van der Waals surface area contributed by atoms with E-state index >= 15 is 0 Å². The fourth-order valence-electron chi connectivity index (χ4n) is 3.07. The van der Waals surface area contributed by atoms with E-state index in [4.69, 9.17) is 0 Å². The predicted octanol–water partition coefficient (Wildman–Crippen LogP) is 0.817. The van der Waals surface area contributed by atoms with Gasteiger partial charge in [-0.15, -0.1) is 0 Å². The van der Waals surface area contributed by atoms with E-state index < -0.39 is 0 Å². The number of carbonyl (C=O) groups is 1. The van der Waals surface area contributed by atoms with Crippen LogP contribution >= 0.6 is 0 Å². The van der Waals surface area contributed by atoms with Crippen LogP contribution < -0.4 is 15.9 Å². The lowest BCUT2D eigenvalue weighted by Crippen LogP contribution is -2.45. The van der Waals surface area contributed by atoms with E-state index in [-0.39, 0.29) is 17.6 Å². The molecule has 1 saturated heterocycles. The molecule has 0 atom stereocenters. The van der Waals surface area contributed by atoms with Gasteiger partial charge in [-0.05, 0) is 33.6 Å². The first-order valence-corrected chi connectivity index (χ1v) is 8.09. The standard InChI is InChI=1S/C16H22N6O2/c1-9-8-13(19-11(3)17-9)22-6-4-12(5-7-22)20-15(23)14-10(2)18-16(24)21-14/h8,12H,4-7H2,1-3H3,(H,20,23)(H2,18,21,24). The Labute approximate surface area is 139 Å². The number of imidazole rings is 1. The van der Waals surface area contributed by atoms with Crippen molar-refractivity contribution in [3.63, 3.8) is 0 Å². The van der Waals surface area contributed by atoms with Crippen molar-refractivity contribution in [2.24, 2.45) is 0 Å². The fourth-order valence-corrected chi connectivity index (χ4v) is 3.07. The Bertz CT molecular complexity index is 781. The number of piperidine rings is 1. The number of nitrogens with one attached hydrogen (secondary N) is 3. The molecule has 3 rings (SSSR count). The zero-order valence-electron chi connectivity index (χ0n) is 14.1. The van der Waals surface area contributed by atoms with Crippen LogP contribution in [0.1, 0.15) is 40.5 Å². The molecule has 1 amide bonds. The zero-order valence-corrected chi connectivity index (χ0v) is 14.1. The van der Waals surface area contributed by atoms with Crippen molar-refractivity contribution >= 4 is 11.7 Å². The molecule has 24 heavy (non-hydrogen) atoms. The summed E-state index contributed by atoms with van der Waals surface area (Å²) in [5.41, 5.74) is 1.47. The van der Waals surface area contributed by atoms with Crippen LogP contribution in [-0.2, 0) is 0 Å². The Morgan fingerprint density at radius 3 is 2.50 bits per heavy atom. The molecule has 1 aliphatic rings. The fraction of sp³-hybridized carbons (Fsp3) is 0.500. The maximum atomic E-state index is 12.3. The molecular formula is C16H22N6O2. The molecule has 0 aliphatic carbocycles. The zero-order chi connectivity index (χ0) is 17.3. The molecule has 3 heterocycles. The highest BCUT2D eigenvalue weighted by molar-refractivity contribution is 5.93. The summed E-state index contributed by atoms with van der Waals surface area (Å²) in [6, 6.07) is 2.08. The molecule has 0 spiro atoms. The van der Waals surface area contributed by atoms with E-state index in [9.17, 15) is 9.59 Å². The van der Waals surface area contributed by atoms with E-state index in [0.29, 0.717) is 11.4 Å². The summed E-state index contributed by atoms with van der Waals surface area (Å²) in [7, 11) is 0. The number of carbonyl (C=O) groups excluding carboxylic acids is 1. The highest BCUT2D eigenvalue weighted by Crippen LogP contribution is 2.19. The van der Waals surface area contributed by atoms with Crippen molar-refractivity contribution in [3.8, 4) is 0 Å². The lowest BCUT2D eigenvalue weighted by Gasteiger charge is -2.33. The number of rotatable bonds is 3. The molecular weight excluding hydrogens is 308 g/mol. The average molecular weight is 330 g/mol. The number of nitrogens with zero attached hydrogens (tertiary/aromatic N) is 3. The number of aromatic amines is 2. The Kier molecular flexibility index (Phi) is 4.37. The highest BCUT2D eigenvalue weighted by Gasteiger charge is 2.23. The molecule has 0 radical (unpaired) electrons. The van der Waals surface area contributed by atoms with Crippen molar-refractivity contribution < 1.29 is 4.79 Å². The number of hydrogen-bond donors (Lipinski definition) is 3. The minimum absolute atomic E-state index is 0.0931. The lowest BCUT2D eigenvalue weighted by molar-refractivity contribution is 0.0925. The normalized spacial score (nSPS) is 15.5. The molecule has 8 heteroatoms. The van der Waals surface area contributed by atoms with Gasteiger partial charge in [0.25, 0.3) is 5.91 Å². The third-order valence-corrected chi connectivity index (χ3v) is 4.25. The van der Waals surface area contributed by atoms with E-state index in [1.165, 1.54) is 0 Å². The molecule has 128 valence electrons. The van der Waals surface area contributed by atoms with E-state index in [0.717, 1.165) is 43.3 Å². The Balaban J connectivity index is 1.60. The van der Waals surface area contributed by atoms with Gasteiger partial charge in [0, 0.05) is 36.6 Å². The van der Waals surface area contributed by atoms with Crippen molar-refractivity contribution in [2.45, 2.75) is 39.7 Å². The van der Waals surface area contributed by atoms with Crippen LogP contribution in [0.15, 0.2) is 10.9 Å². The third-order valence-electron chi connectivity index (χ3n) is 4.25. The van der Waals surface area contributed by atoms with Crippen molar-refractivity contribution in [3.05, 3.63) is 39.5 Å². The van der Waals surface area contributed by atoms with Crippen LogP contribution in [0.4, 0.5) is 5.82 Å². The molecule has 0 bridgehead atoms. The van der Waals surface area contributed by atoms with Gasteiger partial charge in [-0.1, -0.05) is 0 Å². The van der Waals surface area contributed by atoms with E-state index in [1.807, 2.05) is 19.9 Å². The number of anilines is 1. The van der Waals surface area contributed by atoms with Gasteiger partial charge in [0.15, 0.2) is 0 Å². The molecule has 1 aliphatic heterocycles. The molecule has 0 aromatic carbocycles. The summed E-state index contributed by atoms with van der Waals surface area (Å²) < 4.78 is 0. The van der Waals surface area contributed by atoms with Crippen molar-refractivity contribution in [1.82, 2.24) is 25.3 Å². The second-order valence-electron chi connectivity index (χ2n) is 6.23. The average Bonchev–Trinajstić information content (AvgIpc) is 2.86. The topological polar surface area (TPSA) is 107 Å². The lowest BCUT2D eigenvalue weighted by atomic mass is 10.0. The maximum Gasteiger partial charge on any atom is 0.323 e. The first-order valence-electron chi connectivity index (χ1n) is 8.09. The summed E-state index contributed by atoms with van der Waals surface area (Å²) in [5.74, 6) is 1.47. The van der Waals surface area contributed by atoms with Crippen LogP contribution in [-0.4, -0.2) is 45.0 Å². The smallest absolute Gasteiger partial charge is 0.323 e. The largest absolute Gasteiger partial charge is 0.356 e. The maximum absolute atomic E-state index is 12.3. The molecule has 3 N–H and O–H groups in total. The number of amides is 1. The Morgan fingerprint density at radius 2 is 1.92 bits per heavy atom.